The van der Waals surface area contributed by atoms with Crippen molar-refractivity contribution in [2.45, 2.75) is 58.1 Å². The van der Waals surface area contributed by atoms with Crippen LogP contribution in [0.2, 0.25) is 0 Å². The van der Waals surface area contributed by atoms with E-state index in [1.165, 1.54) is 6.08 Å². The van der Waals surface area contributed by atoms with Gasteiger partial charge in [-0.05, 0) is 56.7 Å². The largest absolute Gasteiger partial charge is 0.465 e. The van der Waals surface area contributed by atoms with Crippen LogP contribution < -0.4 is 16.0 Å². The Labute approximate surface area is 205 Å². The molecule has 1 aliphatic rings. The molecule has 0 saturated heterocycles. The van der Waals surface area contributed by atoms with Gasteiger partial charge in [0.2, 0.25) is 11.8 Å². The van der Waals surface area contributed by atoms with E-state index in [4.69, 9.17) is 9.47 Å². The second kappa shape index (κ2) is 14.1. The lowest BCUT2D eigenvalue weighted by atomic mass is 9.68. The zero-order chi connectivity index (χ0) is 25.7. The van der Waals surface area contributed by atoms with Gasteiger partial charge in [-0.1, -0.05) is 31.2 Å². The highest BCUT2D eigenvalue weighted by Gasteiger charge is 2.52. The molecule has 0 unspecified atom stereocenters. The second-order valence-electron chi connectivity index (χ2n) is 8.34. The van der Waals surface area contributed by atoms with Gasteiger partial charge in [0, 0.05) is 12.2 Å². The number of unbranched alkanes of at least 4 members (excludes halogenated alkanes) is 1. The second-order valence-corrected chi connectivity index (χ2v) is 8.34. The van der Waals surface area contributed by atoms with Gasteiger partial charge >= 0.3 is 12.1 Å². The van der Waals surface area contributed by atoms with Crippen LogP contribution in [-0.2, 0) is 30.5 Å². The van der Waals surface area contributed by atoms with Crippen LogP contribution in [-0.4, -0.2) is 54.8 Å². The summed E-state index contributed by atoms with van der Waals surface area (Å²) in [5, 5.41) is 17.3. The molecule has 4 N–H and O–H groups in total. The molecule has 35 heavy (non-hydrogen) atoms. The number of hydrogen-bond acceptors (Lipinski definition) is 7. The molecular formula is C25H35N3O7. The Morgan fingerprint density at radius 1 is 1.14 bits per heavy atom. The van der Waals surface area contributed by atoms with Crippen molar-refractivity contribution in [2.24, 2.45) is 5.41 Å². The number of rotatable bonds is 14. The van der Waals surface area contributed by atoms with E-state index >= 15 is 0 Å². The lowest BCUT2D eigenvalue weighted by molar-refractivity contribution is -0.167. The predicted octanol–water partition coefficient (Wildman–Crippen LogP) is 2.42. The molecule has 1 aromatic carbocycles. The monoisotopic (exact) mass is 489 g/mol. The van der Waals surface area contributed by atoms with Crippen LogP contribution in [0.4, 0.5) is 10.5 Å². The molecule has 3 amide bonds. The van der Waals surface area contributed by atoms with Gasteiger partial charge in [-0.25, -0.2) is 4.79 Å². The van der Waals surface area contributed by atoms with Crippen molar-refractivity contribution in [3.63, 3.8) is 0 Å². The Bertz CT molecular complexity index is 882. The summed E-state index contributed by atoms with van der Waals surface area (Å²) in [4.78, 5) is 50.1. The van der Waals surface area contributed by atoms with Gasteiger partial charge < -0.3 is 30.5 Å². The molecule has 1 aliphatic carbocycles. The van der Waals surface area contributed by atoms with E-state index in [0.717, 1.165) is 6.42 Å². The number of anilines is 1. The first-order valence-electron chi connectivity index (χ1n) is 11.9. The number of alkyl carbamates (subject to hydrolysis) is 1. The van der Waals surface area contributed by atoms with E-state index in [1.807, 2.05) is 0 Å². The molecular weight excluding hydrogens is 454 g/mol. The van der Waals surface area contributed by atoms with E-state index in [9.17, 15) is 24.3 Å². The predicted molar refractivity (Wildman–Crippen MR) is 129 cm³/mol. The number of carbonyl (C=O) groups excluding carboxylic acids is 4. The molecule has 0 aromatic heterocycles. The molecule has 192 valence electrons. The number of aliphatic hydroxyl groups excluding tert-OH is 1. The van der Waals surface area contributed by atoms with Gasteiger partial charge in [-0.15, -0.1) is 0 Å². The third-order valence-electron chi connectivity index (χ3n) is 5.85. The minimum Gasteiger partial charge on any atom is -0.465 e. The van der Waals surface area contributed by atoms with Crippen molar-refractivity contribution in [1.82, 2.24) is 10.6 Å². The topological polar surface area (TPSA) is 143 Å². The normalized spacial score (nSPS) is 14.6. The molecule has 0 aliphatic heterocycles. The maximum Gasteiger partial charge on any atom is 0.407 e. The number of ether oxygens (including phenoxy) is 2. The van der Waals surface area contributed by atoms with Crippen LogP contribution in [0.5, 0.6) is 0 Å². The van der Waals surface area contributed by atoms with Crippen LogP contribution in [0.1, 0.15) is 51.0 Å². The molecule has 2 rings (SSSR count). The molecule has 1 aromatic rings. The Hall–Kier alpha value is -3.40. The molecule has 0 radical (unpaired) electrons. The molecule has 1 saturated carbocycles. The zero-order valence-electron chi connectivity index (χ0n) is 20.1. The highest BCUT2D eigenvalue weighted by atomic mass is 16.5. The van der Waals surface area contributed by atoms with Crippen LogP contribution in [0, 0.1) is 5.41 Å². The van der Waals surface area contributed by atoms with E-state index in [2.05, 4.69) is 22.5 Å². The maximum atomic E-state index is 13.1. The van der Waals surface area contributed by atoms with Crippen LogP contribution in [0.25, 0.3) is 0 Å². The van der Waals surface area contributed by atoms with Gasteiger partial charge in [-0.2, -0.15) is 0 Å². The van der Waals surface area contributed by atoms with Crippen molar-refractivity contribution in [3.05, 3.63) is 42.5 Å². The fourth-order valence-electron chi connectivity index (χ4n) is 3.66. The average Bonchev–Trinajstić information content (AvgIpc) is 2.81. The Morgan fingerprint density at radius 2 is 1.86 bits per heavy atom. The number of carbonyl (C=O) groups is 4. The number of esters is 1. The summed E-state index contributed by atoms with van der Waals surface area (Å²) in [6.07, 6.45) is 3.78. The number of amides is 3. The van der Waals surface area contributed by atoms with E-state index in [0.29, 0.717) is 49.9 Å². The quantitative estimate of drug-likeness (QED) is 0.136. The van der Waals surface area contributed by atoms with E-state index in [-0.39, 0.29) is 19.8 Å². The van der Waals surface area contributed by atoms with Crippen molar-refractivity contribution in [1.29, 1.82) is 0 Å². The number of nitrogens with one attached hydrogen (secondary N) is 3. The van der Waals surface area contributed by atoms with Gasteiger partial charge in [0.05, 0.1) is 13.2 Å². The van der Waals surface area contributed by atoms with Crippen molar-refractivity contribution < 1.29 is 33.8 Å². The first-order valence-corrected chi connectivity index (χ1v) is 11.9. The highest BCUT2D eigenvalue weighted by Crippen LogP contribution is 2.42. The van der Waals surface area contributed by atoms with Crippen LogP contribution >= 0.6 is 0 Å². The molecule has 0 spiro atoms. The summed E-state index contributed by atoms with van der Waals surface area (Å²) in [7, 11) is 0. The third kappa shape index (κ3) is 8.10. The van der Waals surface area contributed by atoms with E-state index < -0.39 is 35.3 Å². The molecule has 0 heterocycles. The maximum absolute atomic E-state index is 13.1. The Balaban J connectivity index is 2.01. The van der Waals surface area contributed by atoms with Crippen molar-refractivity contribution in [2.75, 3.05) is 25.1 Å². The smallest absolute Gasteiger partial charge is 0.407 e. The lowest BCUT2D eigenvalue weighted by Gasteiger charge is -2.38. The summed E-state index contributed by atoms with van der Waals surface area (Å²) >= 11 is 0. The molecule has 1 fully saturated rings. The minimum atomic E-state index is -1.26. The minimum absolute atomic E-state index is 0.113. The third-order valence-corrected chi connectivity index (χ3v) is 5.85. The van der Waals surface area contributed by atoms with Crippen molar-refractivity contribution in [3.8, 4) is 0 Å². The number of benzene rings is 1. The number of hydrogen-bond donors (Lipinski definition) is 4. The van der Waals surface area contributed by atoms with Gasteiger partial charge in [0.25, 0.3) is 0 Å². The first kappa shape index (κ1) is 27.8. The van der Waals surface area contributed by atoms with Gasteiger partial charge in [0.1, 0.15) is 18.1 Å². The summed E-state index contributed by atoms with van der Waals surface area (Å²) in [5.74, 6) is -1.50. The Morgan fingerprint density at radius 3 is 2.43 bits per heavy atom. The number of aliphatic hydroxyl groups is 1. The molecule has 10 nitrogen and oxygen atoms in total. The molecule has 10 heteroatoms. The van der Waals surface area contributed by atoms with Gasteiger partial charge in [-0.3, -0.25) is 14.4 Å². The summed E-state index contributed by atoms with van der Waals surface area (Å²) < 4.78 is 9.96. The van der Waals surface area contributed by atoms with Crippen LogP contribution in [0.15, 0.2) is 36.9 Å². The fraction of sp³-hybridized carbons (Fsp3) is 0.520. The van der Waals surface area contributed by atoms with Crippen molar-refractivity contribution >= 4 is 29.6 Å². The average molecular weight is 490 g/mol. The Kier molecular flexibility index (Phi) is 11.2. The lowest BCUT2D eigenvalue weighted by Crippen LogP contribution is -2.56. The summed E-state index contributed by atoms with van der Waals surface area (Å²) in [5.41, 5.74) is -0.0384. The summed E-state index contributed by atoms with van der Waals surface area (Å²) in [6.45, 7) is 5.66. The van der Waals surface area contributed by atoms with Crippen LogP contribution in [0.3, 0.4) is 0 Å². The zero-order valence-corrected chi connectivity index (χ0v) is 20.1. The standard InChI is InChI=1S/C25H35N3O7/c1-3-16-35-24(33)26-15-6-5-8-20(21(30)27-19-11-9-18(17-29)10-12-19)28-22(31)25(13-7-14-25)23(32)34-4-2/h3,9-12,20,29H,1,4-8,13-17H2,2H3,(H,26,33)(H,27,30)(H,28,31)/t20-/m0/s1. The molecule has 0 bridgehead atoms. The SMILES string of the molecule is C=CCOC(=O)NCCCC[C@H](NC(=O)C1(C(=O)OCC)CCC1)C(=O)Nc1ccc(CO)cc1. The van der Waals surface area contributed by atoms with Gasteiger partial charge in [0.15, 0.2) is 0 Å². The fourth-order valence-corrected chi connectivity index (χ4v) is 3.66. The first-order chi connectivity index (χ1) is 16.9. The summed E-state index contributed by atoms with van der Waals surface area (Å²) in [6, 6.07) is 5.80. The molecule has 1 atom stereocenters. The van der Waals surface area contributed by atoms with E-state index in [1.54, 1.807) is 31.2 Å². The highest BCUT2D eigenvalue weighted by molar-refractivity contribution is 6.06.